The van der Waals surface area contributed by atoms with Crippen molar-refractivity contribution in [3.63, 3.8) is 0 Å². The van der Waals surface area contributed by atoms with Crippen molar-refractivity contribution in [3.8, 4) is 0 Å². The Balaban J connectivity index is 1.87. The molecule has 2 aromatic carbocycles. The van der Waals surface area contributed by atoms with Gasteiger partial charge in [-0.15, -0.1) is 0 Å². The van der Waals surface area contributed by atoms with Crippen molar-refractivity contribution >= 4 is 23.2 Å². The number of halogens is 3. The lowest BCUT2D eigenvalue weighted by molar-refractivity contribution is -0.862. The van der Waals surface area contributed by atoms with Crippen LogP contribution in [-0.4, -0.2) is 32.0 Å². The van der Waals surface area contributed by atoms with Gasteiger partial charge in [0.15, 0.2) is 13.1 Å². The quantitative estimate of drug-likeness (QED) is 0.611. The number of quaternary nitrogens is 1. The third kappa shape index (κ3) is 6.88. The first kappa shape index (κ1) is 23.4. The molecule has 0 saturated carbocycles. The van der Waals surface area contributed by atoms with E-state index in [4.69, 9.17) is 0 Å². The zero-order chi connectivity index (χ0) is 22.3. The summed E-state index contributed by atoms with van der Waals surface area (Å²) in [5.41, 5.74) is 0.640. The van der Waals surface area contributed by atoms with Crippen molar-refractivity contribution in [1.82, 2.24) is 0 Å². The van der Waals surface area contributed by atoms with Crippen LogP contribution >= 0.6 is 0 Å². The van der Waals surface area contributed by atoms with E-state index >= 15 is 0 Å². The smallest absolute Gasteiger partial charge is 0.322 e. The number of rotatable bonds is 8. The third-order valence-electron chi connectivity index (χ3n) is 4.81. The number of amides is 2. The topological polar surface area (TPSA) is 62.6 Å². The zero-order valence-electron chi connectivity index (χ0n) is 17.3. The van der Waals surface area contributed by atoms with Crippen LogP contribution in [0.2, 0.25) is 0 Å². The summed E-state index contributed by atoms with van der Waals surface area (Å²) in [4.78, 5) is 24.9. The molecule has 3 N–H and O–H groups in total. The number of anilines is 2. The number of nitrogens with one attached hydrogen (secondary N) is 3. The van der Waals surface area contributed by atoms with Gasteiger partial charge in [-0.1, -0.05) is 38.1 Å². The van der Waals surface area contributed by atoms with E-state index in [-0.39, 0.29) is 24.7 Å². The van der Waals surface area contributed by atoms with Crippen LogP contribution in [0.5, 0.6) is 0 Å². The fourth-order valence-electron chi connectivity index (χ4n) is 2.98. The maximum Gasteiger partial charge on any atom is 0.418 e. The maximum atomic E-state index is 13.0. The van der Waals surface area contributed by atoms with Gasteiger partial charge in [0.25, 0.3) is 11.8 Å². The highest BCUT2D eigenvalue weighted by molar-refractivity contribution is 5.93. The molecule has 2 aromatic rings. The van der Waals surface area contributed by atoms with E-state index in [9.17, 15) is 22.8 Å². The van der Waals surface area contributed by atoms with E-state index < -0.39 is 17.6 Å². The highest BCUT2D eigenvalue weighted by Gasteiger charge is 2.33. The molecule has 0 bridgehead atoms. The molecule has 0 radical (unpaired) electrons. The van der Waals surface area contributed by atoms with Gasteiger partial charge in [0.05, 0.1) is 18.3 Å². The standard InChI is InChI=1S/C22H26F3N3O2/c1-4-15(2)16-9-11-17(12-10-16)26-20(29)13-28(3)14-21(30)27-19-8-6-5-7-18(19)22(23,24)25/h5-12,15H,4,13-14H2,1-3H3,(H,26,29)(H,27,30)/p+1/t15-/m0/s1. The van der Waals surface area contributed by atoms with Crippen molar-refractivity contribution in [2.24, 2.45) is 0 Å². The largest absolute Gasteiger partial charge is 0.418 e. The fourth-order valence-corrected chi connectivity index (χ4v) is 2.98. The fraction of sp³-hybridized carbons (Fsp3) is 0.364. The Morgan fingerprint density at radius 2 is 1.53 bits per heavy atom. The number of para-hydroxylation sites is 1. The second-order valence-corrected chi connectivity index (χ2v) is 7.38. The van der Waals surface area contributed by atoms with Crippen molar-refractivity contribution in [2.75, 3.05) is 30.8 Å². The van der Waals surface area contributed by atoms with Crippen molar-refractivity contribution in [3.05, 3.63) is 59.7 Å². The second-order valence-electron chi connectivity index (χ2n) is 7.38. The predicted molar refractivity (Wildman–Crippen MR) is 110 cm³/mol. The number of hydrogen-bond acceptors (Lipinski definition) is 2. The van der Waals surface area contributed by atoms with Gasteiger partial charge < -0.3 is 15.5 Å². The number of likely N-dealkylation sites (N-methyl/N-ethyl adjacent to an activating group) is 1. The van der Waals surface area contributed by atoms with Gasteiger partial charge in [-0.2, -0.15) is 13.2 Å². The first-order chi connectivity index (χ1) is 14.1. The average Bonchev–Trinajstić information content (AvgIpc) is 2.67. The minimum atomic E-state index is -4.56. The third-order valence-corrected chi connectivity index (χ3v) is 4.81. The summed E-state index contributed by atoms with van der Waals surface area (Å²) in [6.45, 7) is 4.09. The van der Waals surface area contributed by atoms with Crippen LogP contribution in [0.4, 0.5) is 24.5 Å². The summed E-state index contributed by atoms with van der Waals surface area (Å²) in [6.07, 6.45) is -3.54. The van der Waals surface area contributed by atoms with E-state index in [2.05, 4.69) is 24.5 Å². The molecular weight excluding hydrogens is 395 g/mol. The van der Waals surface area contributed by atoms with E-state index in [0.717, 1.165) is 12.5 Å². The van der Waals surface area contributed by atoms with E-state index in [1.807, 2.05) is 24.3 Å². The highest BCUT2D eigenvalue weighted by atomic mass is 19.4. The number of hydrogen-bond donors (Lipinski definition) is 3. The minimum absolute atomic E-state index is 0.00144. The molecule has 0 spiro atoms. The van der Waals surface area contributed by atoms with Gasteiger partial charge in [0, 0.05) is 5.69 Å². The Hall–Kier alpha value is -2.87. The molecule has 30 heavy (non-hydrogen) atoms. The molecule has 2 atom stereocenters. The molecule has 8 heteroatoms. The molecule has 2 amide bonds. The van der Waals surface area contributed by atoms with Crippen LogP contribution in [0.1, 0.15) is 37.3 Å². The van der Waals surface area contributed by atoms with E-state index in [0.29, 0.717) is 16.5 Å². The summed E-state index contributed by atoms with van der Waals surface area (Å²) in [6, 6.07) is 12.4. The second kappa shape index (κ2) is 10.2. The Kier molecular flexibility index (Phi) is 8.00. The molecule has 0 saturated heterocycles. The van der Waals surface area contributed by atoms with Gasteiger partial charge >= 0.3 is 6.18 Å². The summed E-state index contributed by atoms with van der Waals surface area (Å²) in [5, 5.41) is 5.05. The maximum absolute atomic E-state index is 13.0. The number of benzene rings is 2. The average molecular weight is 422 g/mol. The minimum Gasteiger partial charge on any atom is -0.322 e. The summed E-state index contributed by atoms with van der Waals surface area (Å²) in [7, 11) is 1.63. The molecule has 0 aliphatic carbocycles. The Morgan fingerprint density at radius 3 is 2.10 bits per heavy atom. The van der Waals surface area contributed by atoms with Crippen LogP contribution in [0.15, 0.2) is 48.5 Å². The van der Waals surface area contributed by atoms with Crippen LogP contribution in [-0.2, 0) is 15.8 Å². The molecule has 0 aliphatic rings. The highest BCUT2D eigenvalue weighted by Crippen LogP contribution is 2.34. The summed E-state index contributed by atoms with van der Waals surface area (Å²) >= 11 is 0. The summed E-state index contributed by atoms with van der Waals surface area (Å²) in [5.74, 6) is -0.450. The number of carbonyl (C=O) groups is 2. The monoisotopic (exact) mass is 422 g/mol. The van der Waals surface area contributed by atoms with Crippen LogP contribution < -0.4 is 15.5 Å². The molecule has 0 aliphatic heterocycles. The first-order valence-electron chi connectivity index (χ1n) is 9.77. The predicted octanol–water partition coefficient (Wildman–Crippen LogP) is 3.31. The summed E-state index contributed by atoms with van der Waals surface area (Å²) < 4.78 is 39.1. The molecule has 1 unspecified atom stereocenters. The number of carbonyl (C=O) groups excluding carboxylic acids is 2. The van der Waals surface area contributed by atoms with E-state index in [1.165, 1.54) is 23.8 Å². The normalized spacial score (nSPS) is 13.4. The van der Waals surface area contributed by atoms with E-state index in [1.54, 1.807) is 7.05 Å². The lowest BCUT2D eigenvalue weighted by Crippen LogP contribution is -3.11. The zero-order valence-corrected chi connectivity index (χ0v) is 17.3. The van der Waals surface area contributed by atoms with Crippen molar-refractivity contribution < 1.29 is 27.7 Å². The van der Waals surface area contributed by atoms with Gasteiger partial charge in [-0.25, -0.2) is 0 Å². The molecule has 162 valence electrons. The molecular formula is C22H27F3N3O2+. The van der Waals surface area contributed by atoms with Crippen LogP contribution in [0, 0.1) is 0 Å². The Morgan fingerprint density at radius 1 is 0.967 bits per heavy atom. The molecule has 0 heterocycles. The lowest BCUT2D eigenvalue weighted by atomic mass is 9.99. The molecule has 0 fully saturated rings. The van der Waals surface area contributed by atoms with Gasteiger partial charge in [-0.05, 0) is 42.2 Å². The Bertz CT molecular complexity index is 867. The Labute approximate surface area is 174 Å². The van der Waals surface area contributed by atoms with Gasteiger partial charge in [0.2, 0.25) is 0 Å². The SMILES string of the molecule is CC[C@H](C)c1ccc(NC(=O)C[NH+](C)CC(=O)Nc2ccccc2C(F)(F)F)cc1. The first-order valence-corrected chi connectivity index (χ1v) is 9.77. The van der Waals surface area contributed by atoms with Gasteiger partial charge in [0.1, 0.15) is 0 Å². The van der Waals surface area contributed by atoms with Crippen molar-refractivity contribution in [1.29, 1.82) is 0 Å². The molecule has 2 rings (SSSR count). The van der Waals surface area contributed by atoms with Crippen LogP contribution in [0.25, 0.3) is 0 Å². The molecule has 0 aromatic heterocycles. The number of alkyl halides is 3. The lowest BCUT2D eigenvalue weighted by Gasteiger charge is -2.16. The van der Waals surface area contributed by atoms with Gasteiger partial charge in [-0.3, -0.25) is 9.59 Å². The molecule has 5 nitrogen and oxygen atoms in total. The van der Waals surface area contributed by atoms with Crippen LogP contribution in [0.3, 0.4) is 0 Å². The van der Waals surface area contributed by atoms with Crippen molar-refractivity contribution in [2.45, 2.75) is 32.4 Å².